The van der Waals surface area contributed by atoms with Crippen molar-refractivity contribution in [3.63, 3.8) is 0 Å². The zero-order valence-corrected chi connectivity index (χ0v) is 16.9. The van der Waals surface area contributed by atoms with Crippen LogP contribution in [0.15, 0.2) is 18.2 Å². The minimum Gasteiger partial charge on any atom is -0.497 e. The van der Waals surface area contributed by atoms with E-state index >= 15 is 0 Å². The molecule has 0 spiro atoms. The number of hydrogen-bond acceptors (Lipinski definition) is 4. The van der Waals surface area contributed by atoms with Gasteiger partial charge in [-0.3, -0.25) is 9.59 Å². The maximum Gasteiger partial charge on any atom is 0.228 e. The monoisotopic (exact) mass is 386 g/mol. The molecule has 3 fully saturated rings. The molecule has 152 valence electrons. The average molecular weight is 386 g/mol. The van der Waals surface area contributed by atoms with Gasteiger partial charge < -0.3 is 19.3 Å². The van der Waals surface area contributed by atoms with Crippen molar-refractivity contribution in [1.29, 1.82) is 0 Å². The Morgan fingerprint density at radius 1 is 1.07 bits per heavy atom. The quantitative estimate of drug-likeness (QED) is 0.797. The highest BCUT2D eigenvalue weighted by atomic mass is 16.5. The number of nitrogens with zero attached hydrogens (tertiary/aromatic N) is 2. The number of methoxy groups -OCH3 is 2. The van der Waals surface area contributed by atoms with Gasteiger partial charge in [0.2, 0.25) is 11.8 Å². The Kier molecular flexibility index (Phi) is 5.47. The molecule has 6 nitrogen and oxygen atoms in total. The van der Waals surface area contributed by atoms with Crippen LogP contribution >= 0.6 is 0 Å². The zero-order valence-electron chi connectivity index (χ0n) is 16.9. The fourth-order valence-corrected chi connectivity index (χ4v) is 5.25. The molecule has 0 aromatic heterocycles. The molecule has 6 heteroatoms. The lowest BCUT2D eigenvalue weighted by Crippen LogP contribution is -2.51. The van der Waals surface area contributed by atoms with Crippen LogP contribution in [-0.2, 0) is 9.59 Å². The third-order valence-electron chi connectivity index (χ3n) is 6.68. The van der Waals surface area contributed by atoms with Crippen LogP contribution in [0.2, 0.25) is 0 Å². The summed E-state index contributed by atoms with van der Waals surface area (Å²) in [6.07, 6.45) is 7.47. The summed E-state index contributed by atoms with van der Waals surface area (Å²) in [5, 5.41) is 0. The Morgan fingerprint density at radius 2 is 1.86 bits per heavy atom. The van der Waals surface area contributed by atoms with E-state index in [1.807, 2.05) is 12.1 Å². The SMILES string of the molecule is COc1ccc(N2C[C@H](C(=O)N3CCC[C@@H]4CCCC[C@H]43)CC2=O)c(OC)c1. The molecule has 0 N–H and O–H groups in total. The second-order valence-electron chi connectivity index (χ2n) is 8.23. The maximum absolute atomic E-state index is 13.3. The lowest BCUT2D eigenvalue weighted by Gasteiger charge is -2.45. The number of ether oxygens (including phenoxy) is 2. The van der Waals surface area contributed by atoms with Gasteiger partial charge in [-0.15, -0.1) is 0 Å². The molecular weight excluding hydrogens is 356 g/mol. The van der Waals surface area contributed by atoms with Crippen molar-refractivity contribution < 1.29 is 19.1 Å². The summed E-state index contributed by atoms with van der Waals surface area (Å²) in [5.74, 6) is 1.81. The highest BCUT2D eigenvalue weighted by molar-refractivity contribution is 6.01. The van der Waals surface area contributed by atoms with Crippen LogP contribution in [0.25, 0.3) is 0 Å². The van der Waals surface area contributed by atoms with Gasteiger partial charge in [-0.2, -0.15) is 0 Å². The third-order valence-corrected chi connectivity index (χ3v) is 6.68. The first kappa shape index (κ1) is 19.1. The summed E-state index contributed by atoms with van der Waals surface area (Å²) >= 11 is 0. The van der Waals surface area contributed by atoms with Gasteiger partial charge in [0, 0.05) is 31.6 Å². The lowest BCUT2D eigenvalue weighted by molar-refractivity contribution is -0.142. The van der Waals surface area contributed by atoms with Gasteiger partial charge >= 0.3 is 0 Å². The topological polar surface area (TPSA) is 59.1 Å². The third kappa shape index (κ3) is 3.45. The van der Waals surface area contributed by atoms with Crippen molar-refractivity contribution in [2.45, 2.75) is 51.0 Å². The van der Waals surface area contributed by atoms with Gasteiger partial charge in [0.05, 0.1) is 25.8 Å². The first-order chi connectivity index (χ1) is 13.6. The van der Waals surface area contributed by atoms with Gasteiger partial charge in [0.1, 0.15) is 11.5 Å². The Labute approximate surface area is 166 Å². The van der Waals surface area contributed by atoms with Crippen LogP contribution in [0.4, 0.5) is 5.69 Å². The summed E-state index contributed by atoms with van der Waals surface area (Å²) < 4.78 is 10.7. The molecule has 2 amide bonds. The number of benzene rings is 1. The number of amides is 2. The Morgan fingerprint density at radius 3 is 2.64 bits per heavy atom. The van der Waals surface area contributed by atoms with E-state index in [0.717, 1.165) is 19.4 Å². The second kappa shape index (κ2) is 8.02. The number of rotatable bonds is 4. The summed E-state index contributed by atoms with van der Waals surface area (Å²) in [5.41, 5.74) is 0.706. The predicted molar refractivity (Wildman–Crippen MR) is 107 cm³/mol. The number of piperidine rings is 1. The summed E-state index contributed by atoms with van der Waals surface area (Å²) in [6, 6.07) is 5.81. The summed E-state index contributed by atoms with van der Waals surface area (Å²) in [7, 11) is 3.18. The number of hydrogen-bond donors (Lipinski definition) is 0. The molecule has 0 radical (unpaired) electrons. The molecule has 0 bridgehead atoms. The fourth-order valence-electron chi connectivity index (χ4n) is 5.25. The standard InChI is InChI=1S/C22H30N2O4/c1-27-17-9-10-19(20(13-17)28-2)24-14-16(12-21(24)25)22(26)23-11-5-7-15-6-3-4-8-18(15)23/h9-10,13,15-16,18H,3-8,11-12,14H2,1-2H3/t15-,16+,18+/m0/s1. The molecule has 1 aromatic carbocycles. The number of likely N-dealkylation sites (tertiary alicyclic amines) is 1. The molecule has 2 saturated heterocycles. The van der Waals surface area contributed by atoms with E-state index in [-0.39, 0.29) is 24.2 Å². The van der Waals surface area contributed by atoms with Crippen molar-refractivity contribution in [3.05, 3.63) is 18.2 Å². The molecule has 1 saturated carbocycles. The average Bonchev–Trinajstić information content (AvgIpc) is 3.13. The van der Waals surface area contributed by atoms with Crippen molar-refractivity contribution in [2.24, 2.45) is 11.8 Å². The Balaban J connectivity index is 1.51. The van der Waals surface area contributed by atoms with Crippen molar-refractivity contribution >= 4 is 17.5 Å². The van der Waals surface area contributed by atoms with E-state index < -0.39 is 0 Å². The van der Waals surface area contributed by atoms with E-state index in [2.05, 4.69) is 4.90 Å². The van der Waals surface area contributed by atoms with Crippen LogP contribution < -0.4 is 14.4 Å². The molecule has 1 aromatic rings. The minimum absolute atomic E-state index is 0.0148. The maximum atomic E-state index is 13.3. The van der Waals surface area contributed by atoms with E-state index in [1.165, 1.54) is 25.7 Å². The van der Waals surface area contributed by atoms with Gasteiger partial charge in [-0.1, -0.05) is 12.8 Å². The predicted octanol–water partition coefficient (Wildman–Crippen LogP) is 3.24. The molecule has 0 unspecified atom stereocenters. The Hall–Kier alpha value is -2.24. The van der Waals surface area contributed by atoms with E-state index in [0.29, 0.717) is 35.7 Å². The van der Waals surface area contributed by atoms with Crippen LogP contribution in [0, 0.1) is 11.8 Å². The fraction of sp³-hybridized carbons (Fsp3) is 0.636. The normalized spacial score (nSPS) is 27.5. The van der Waals surface area contributed by atoms with Crippen LogP contribution in [-0.4, -0.2) is 50.1 Å². The minimum atomic E-state index is -0.264. The highest BCUT2D eigenvalue weighted by Gasteiger charge is 2.42. The van der Waals surface area contributed by atoms with E-state index in [9.17, 15) is 9.59 Å². The zero-order chi connectivity index (χ0) is 19.7. The molecule has 4 rings (SSSR count). The summed E-state index contributed by atoms with van der Waals surface area (Å²) in [6.45, 7) is 1.27. The van der Waals surface area contributed by atoms with Crippen LogP contribution in [0.3, 0.4) is 0 Å². The van der Waals surface area contributed by atoms with Crippen molar-refractivity contribution in [2.75, 3.05) is 32.2 Å². The largest absolute Gasteiger partial charge is 0.497 e. The van der Waals surface area contributed by atoms with Crippen molar-refractivity contribution in [1.82, 2.24) is 4.90 Å². The van der Waals surface area contributed by atoms with Crippen LogP contribution in [0.5, 0.6) is 11.5 Å². The lowest BCUT2D eigenvalue weighted by atomic mass is 9.78. The molecule has 3 atom stereocenters. The number of fused-ring (bicyclic) bond motifs is 1. The van der Waals surface area contributed by atoms with Crippen molar-refractivity contribution in [3.8, 4) is 11.5 Å². The molecule has 2 aliphatic heterocycles. The first-order valence-corrected chi connectivity index (χ1v) is 10.4. The smallest absolute Gasteiger partial charge is 0.228 e. The first-order valence-electron chi connectivity index (χ1n) is 10.4. The van der Waals surface area contributed by atoms with E-state index in [1.54, 1.807) is 25.2 Å². The highest BCUT2D eigenvalue weighted by Crippen LogP contribution is 2.39. The summed E-state index contributed by atoms with van der Waals surface area (Å²) in [4.78, 5) is 29.9. The molecule has 28 heavy (non-hydrogen) atoms. The van der Waals surface area contributed by atoms with Gasteiger partial charge in [-0.05, 0) is 43.7 Å². The molecule has 1 aliphatic carbocycles. The van der Waals surface area contributed by atoms with Crippen LogP contribution in [0.1, 0.15) is 44.9 Å². The number of carbonyl (C=O) groups is 2. The second-order valence-corrected chi connectivity index (χ2v) is 8.23. The molecule has 2 heterocycles. The number of carbonyl (C=O) groups excluding carboxylic acids is 2. The molecule has 3 aliphatic rings. The molecular formula is C22H30N2O4. The van der Waals surface area contributed by atoms with E-state index in [4.69, 9.17) is 9.47 Å². The Bertz CT molecular complexity index is 748. The number of anilines is 1. The van der Waals surface area contributed by atoms with Gasteiger partial charge in [0.15, 0.2) is 0 Å². The van der Waals surface area contributed by atoms with Gasteiger partial charge in [-0.25, -0.2) is 0 Å². The van der Waals surface area contributed by atoms with Gasteiger partial charge in [0.25, 0.3) is 0 Å².